The zero-order valence-electron chi connectivity index (χ0n) is 13.0. The van der Waals surface area contributed by atoms with Gasteiger partial charge in [-0.3, -0.25) is 4.79 Å². The standard InChI is InChI=1S/C16H21F3N2OS/c1-20-10-12-5-7-21(8-6-12)15(22)11-23-14-4-2-3-13(9-14)16(17,18)19/h2-4,9,12,20H,5-8,10-11H2,1H3. The molecule has 0 unspecified atom stereocenters. The molecule has 0 bridgehead atoms. The molecule has 0 aromatic heterocycles. The Morgan fingerprint density at radius 2 is 2.04 bits per heavy atom. The van der Waals surface area contributed by atoms with Gasteiger partial charge in [0.05, 0.1) is 11.3 Å². The number of carbonyl (C=O) groups excluding carboxylic acids is 1. The first-order chi connectivity index (χ1) is 10.9. The van der Waals surface area contributed by atoms with Gasteiger partial charge >= 0.3 is 6.18 Å². The number of alkyl halides is 3. The lowest BCUT2D eigenvalue weighted by molar-refractivity contribution is -0.137. The minimum atomic E-state index is -4.35. The number of rotatable bonds is 5. The summed E-state index contributed by atoms with van der Waals surface area (Å²) in [6.45, 7) is 2.42. The first-order valence-corrected chi connectivity index (χ1v) is 8.61. The Labute approximate surface area is 138 Å². The fourth-order valence-electron chi connectivity index (χ4n) is 2.67. The molecule has 1 N–H and O–H groups in total. The first-order valence-electron chi connectivity index (χ1n) is 7.62. The number of thioether (sulfide) groups is 1. The van der Waals surface area contributed by atoms with Crippen molar-refractivity contribution in [2.45, 2.75) is 23.9 Å². The summed E-state index contributed by atoms with van der Waals surface area (Å²) in [6.07, 6.45) is -2.41. The van der Waals surface area contributed by atoms with Crippen molar-refractivity contribution in [1.82, 2.24) is 10.2 Å². The molecule has 0 radical (unpaired) electrons. The smallest absolute Gasteiger partial charge is 0.342 e. The van der Waals surface area contributed by atoms with E-state index in [1.807, 2.05) is 11.9 Å². The second kappa shape index (κ2) is 8.06. The fraction of sp³-hybridized carbons (Fsp3) is 0.562. The van der Waals surface area contributed by atoms with Crippen LogP contribution in [0.15, 0.2) is 29.2 Å². The van der Waals surface area contributed by atoms with E-state index in [0.29, 0.717) is 10.8 Å². The van der Waals surface area contributed by atoms with Crippen LogP contribution < -0.4 is 5.32 Å². The van der Waals surface area contributed by atoms with Crippen LogP contribution in [0.3, 0.4) is 0 Å². The number of piperidine rings is 1. The third kappa shape index (κ3) is 5.42. The van der Waals surface area contributed by atoms with Crippen LogP contribution in [0.2, 0.25) is 0 Å². The highest BCUT2D eigenvalue weighted by atomic mass is 32.2. The summed E-state index contributed by atoms with van der Waals surface area (Å²) in [6, 6.07) is 5.11. The zero-order valence-corrected chi connectivity index (χ0v) is 13.8. The molecule has 0 aliphatic carbocycles. The molecule has 128 valence electrons. The van der Waals surface area contributed by atoms with Crippen LogP contribution in [-0.4, -0.2) is 43.2 Å². The van der Waals surface area contributed by atoms with E-state index >= 15 is 0 Å². The molecule has 1 aliphatic rings. The number of nitrogens with zero attached hydrogens (tertiary/aromatic N) is 1. The predicted octanol–water partition coefficient (Wildman–Crippen LogP) is 3.26. The predicted molar refractivity (Wildman–Crippen MR) is 85.4 cm³/mol. The van der Waals surface area contributed by atoms with Crippen LogP contribution in [-0.2, 0) is 11.0 Å². The lowest BCUT2D eigenvalue weighted by atomic mass is 9.97. The number of likely N-dealkylation sites (tertiary alicyclic amines) is 1. The van der Waals surface area contributed by atoms with Gasteiger partial charge in [0, 0.05) is 18.0 Å². The van der Waals surface area contributed by atoms with E-state index in [4.69, 9.17) is 0 Å². The second-order valence-corrected chi connectivity index (χ2v) is 6.74. The molecule has 3 nitrogen and oxygen atoms in total. The summed E-state index contributed by atoms with van der Waals surface area (Å²) in [5.41, 5.74) is -0.678. The normalized spacial score (nSPS) is 16.6. The van der Waals surface area contributed by atoms with Crippen molar-refractivity contribution in [2.24, 2.45) is 5.92 Å². The summed E-state index contributed by atoms with van der Waals surface area (Å²) in [5.74, 6) is 0.772. The quantitative estimate of drug-likeness (QED) is 0.831. The molecular formula is C16H21F3N2OS. The summed E-state index contributed by atoms with van der Waals surface area (Å²) in [4.78, 5) is 14.5. The van der Waals surface area contributed by atoms with Gasteiger partial charge in [0.2, 0.25) is 5.91 Å². The third-order valence-electron chi connectivity index (χ3n) is 3.98. The number of hydrogen-bond donors (Lipinski definition) is 1. The lowest BCUT2D eigenvalue weighted by Gasteiger charge is -2.32. The van der Waals surface area contributed by atoms with Crippen LogP contribution in [0.4, 0.5) is 13.2 Å². The SMILES string of the molecule is CNCC1CCN(C(=O)CSc2cccc(C(F)(F)F)c2)CC1. The van der Waals surface area contributed by atoms with Crippen molar-refractivity contribution in [3.05, 3.63) is 29.8 Å². The maximum atomic E-state index is 12.7. The molecule has 0 saturated carbocycles. The summed E-state index contributed by atoms with van der Waals surface area (Å²) >= 11 is 1.16. The molecule has 1 aliphatic heterocycles. The van der Waals surface area contributed by atoms with Crippen molar-refractivity contribution < 1.29 is 18.0 Å². The van der Waals surface area contributed by atoms with E-state index in [2.05, 4.69) is 5.32 Å². The molecule has 0 atom stereocenters. The van der Waals surface area contributed by atoms with Crippen LogP contribution in [0.25, 0.3) is 0 Å². The maximum Gasteiger partial charge on any atom is 0.416 e. The molecule has 1 amide bonds. The minimum absolute atomic E-state index is 0.00433. The number of hydrogen-bond acceptors (Lipinski definition) is 3. The van der Waals surface area contributed by atoms with Crippen LogP contribution >= 0.6 is 11.8 Å². The number of carbonyl (C=O) groups is 1. The minimum Gasteiger partial charge on any atom is -0.342 e. The van der Waals surface area contributed by atoms with Crippen LogP contribution in [0.5, 0.6) is 0 Å². The van der Waals surface area contributed by atoms with Crippen molar-refractivity contribution in [2.75, 3.05) is 32.4 Å². The molecule has 2 rings (SSSR count). The molecule has 1 fully saturated rings. The van der Waals surface area contributed by atoms with E-state index in [1.165, 1.54) is 6.07 Å². The van der Waals surface area contributed by atoms with Gasteiger partial charge in [-0.15, -0.1) is 11.8 Å². The molecule has 0 spiro atoms. The van der Waals surface area contributed by atoms with Gasteiger partial charge in [-0.2, -0.15) is 13.2 Å². The average Bonchev–Trinajstić information content (AvgIpc) is 2.53. The van der Waals surface area contributed by atoms with Gasteiger partial charge in [0.1, 0.15) is 0 Å². The Morgan fingerprint density at radius 3 is 2.65 bits per heavy atom. The molecule has 1 heterocycles. The van der Waals surface area contributed by atoms with Crippen molar-refractivity contribution in [3.8, 4) is 0 Å². The van der Waals surface area contributed by atoms with E-state index in [1.54, 1.807) is 6.07 Å². The molecule has 1 saturated heterocycles. The third-order valence-corrected chi connectivity index (χ3v) is 4.96. The Hall–Kier alpha value is -1.21. The van der Waals surface area contributed by atoms with E-state index in [-0.39, 0.29) is 11.7 Å². The van der Waals surface area contributed by atoms with E-state index in [0.717, 1.165) is 56.4 Å². The second-order valence-electron chi connectivity index (χ2n) is 5.70. The Kier molecular flexibility index (Phi) is 6.35. The number of halogens is 3. The van der Waals surface area contributed by atoms with Gasteiger partial charge in [-0.25, -0.2) is 0 Å². The van der Waals surface area contributed by atoms with Crippen molar-refractivity contribution in [1.29, 1.82) is 0 Å². The highest BCUT2D eigenvalue weighted by molar-refractivity contribution is 8.00. The monoisotopic (exact) mass is 346 g/mol. The average molecular weight is 346 g/mol. The first kappa shape index (κ1) is 18.1. The Balaban J connectivity index is 1.83. The molecule has 1 aromatic carbocycles. The summed E-state index contributed by atoms with van der Waals surface area (Å²) < 4.78 is 38.0. The maximum absolute atomic E-state index is 12.7. The van der Waals surface area contributed by atoms with Crippen molar-refractivity contribution in [3.63, 3.8) is 0 Å². The lowest BCUT2D eigenvalue weighted by Crippen LogP contribution is -2.41. The molecule has 23 heavy (non-hydrogen) atoms. The number of amides is 1. The molecular weight excluding hydrogens is 325 g/mol. The molecule has 1 aromatic rings. The van der Waals surface area contributed by atoms with E-state index < -0.39 is 11.7 Å². The highest BCUT2D eigenvalue weighted by Crippen LogP contribution is 2.32. The van der Waals surface area contributed by atoms with Gasteiger partial charge in [0.15, 0.2) is 0 Å². The van der Waals surface area contributed by atoms with E-state index in [9.17, 15) is 18.0 Å². The topological polar surface area (TPSA) is 32.3 Å². The Morgan fingerprint density at radius 1 is 1.35 bits per heavy atom. The van der Waals surface area contributed by atoms with Gasteiger partial charge in [-0.05, 0) is 50.6 Å². The molecule has 7 heteroatoms. The van der Waals surface area contributed by atoms with Gasteiger partial charge in [0.25, 0.3) is 0 Å². The van der Waals surface area contributed by atoms with Crippen molar-refractivity contribution >= 4 is 17.7 Å². The number of nitrogens with one attached hydrogen (secondary N) is 1. The van der Waals surface area contributed by atoms with Crippen LogP contribution in [0, 0.1) is 5.92 Å². The van der Waals surface area contributed by atoms with Gasteiger partial charge < -0.3 is 10.2 Å². The largest absolute Gasteiger partial charge is 0.416 e. The fourth-order valence-corrected chi connectivity index (χ4v) is 3.53. The summed E-state index contributed by atoms with van der Waals surface area (Å²) in [7, 11) is 1.92. The van der Waals surface area contributed by atoms with Gasteiger partial charge in [-0.1, -0.05) is 6.07 Å². The Bertz CT molecular complexity index is 528. The number of benzene rings is 1. The highest BCUT2D eigenvalue weighted by Gasteiger charge is 2.30. The summed E-state index contributed by atoms with van der Waals surface area (Å²) in [5, 5.41) is 3.15. The zero-order chi connectivity index (χ0) is 16.9. The van der Waals surface area contributed by atoms with Crippen LogP contribution in [0.1, 0.15) is 18.4 Å².